The highest BCUT2D eigenvalue weighted by atomic mass is 16.2. The molecule has 0 unspecified atom stereocenters. The van der Waals surface area contributed by atoms with Crippen LogP contribution in [0.4, 0.5) is 5.69 Å². The number of hydrogen-bond acceptors (Lipinski definition) is 1. The molecule has 0 saturated carbocycles. The Labute approximate surface area is 148 Å². The third-order valence-electron chi connectivity index (χ3n) is 4.63. The summed E-state index contributed by atoms with van der Waals surface area (Å²) in [6, 6.07) is 24.8. The molecule has 0 atom stereocenters. The van der Waals surface area contributed by atoms with E-state index in [1.54, 1.807) is 6.92 Å². The van der Waals surface area contributed by atoms with Gasteiger partial charge in [0.15, 0.2) is 0 Å². The van der Waals surface area contributed by atoms with Gasteiger partial charge in [-0.15, -0.1) is 0 Å². The maximum absolute atomic E-state index is 12.3. The van der Waals surface area contributed by atoms with Crippen molar-refractivity contribution < 1.29 is 4.79 Å². The van der Waals surface area contributed by atoms with Crippen LogP contribution in [-0.2, 0) is 11.3 Å². The first-order chi connectivity index (χ1) is 12.2. The third kappa shape index (κ3) is 2.99. The van der Waals surface area contributed by atoms with Gasteiger partial charge in [0.25, 0.3) is 0 Å². The van der Waals surface area contributed by atoms with Crippen LogP contribution in [-0.4, -0.2) is 5.91 Å². The normalized spacial score (nSPS) is 14.0. The molecule has 0 radical (unpaired) electrons. The molecule has 1 aliphatic rings. The molecule has 1 aliphatic heterocycles. The molecular formula is C23H19NO. The van der Waals surface area contributed by atoms with E-state index in [2.05, 4.69) is 42.5 Å². The molecule has 0 fully saturated rings. The minimum absolute atomic E-state index is 0.0545. The maximum Gasteiger partial charge on any atom is 0.224 e. The van der Waals surface area contributed by atoms with Gasteiger partial charge in [0, 0.05) is 6.92 Å². The van der Waals surface area contributed by atoms with Crippen molar-refractivity contribution in [3.8, 4) is 11.1 Å². The number of rotatable bonds is 1. The van der Waals surface area contributed by atoms with Crippen LogP contribution in [0.25, 0.3) is 23.3 Å². The summed E-state index contributed by atoms with van der Waals surface area (Å²) in [6.45, 7) is 2.20. The lowest BCUT2D eigenvalue weighted by molar-refractivity contribution is -0.116. The first-order valence-corrected chi connectivity index (χ1v) is 8.46. The van der Waals surface area contributed by atoms with Gasteiger partial charge in [-0.25, -0.2) is 0 Å². The largest absolute Gasteiger partial charge is 0.308 e. The Morgan fingerprint density at radius 3 is 2.32 bits per heavy atom. The molecule has 122 valence electrons. The molecule has 3 aromatic carbocycles. The lowest BCUT2D eigenvalue weighted by Crippen LogP contribution is -2.29. The van der Waals surface area contributed by atoms with Gasteiger partial charge in [-0.2, -0.15) is 0 Å². The van der Waals surface area contributed by atoms with Crippen LogP contribution in [0, 0.1) is 0 Å². The van der Waals surface area contributed by atoms with E-state index in [-0.39, 0.29) is 5.91 Å². The number of para-hydroxylation sites is 1. The first kappa shape index (κ1) is 15.4. The van der Waals surface area contributed by atoms with E-state index in [0.29, 0.717) is 6.54 Å². The topological polar surface area (TPSA) is 20.3 Å². The van der Waals surface area contributed by atoms with E-state index in [0.717, 1.165) is 22.4 Å². The second-order valence-corrected chi connectivity index (χ2v) is 6.28. The van der Waals surface area contributed by atoms with Crippen molar-refractivity contribution >= 4 is 23.7 Å². The number of benzene rings is 3. The Morgan fingerprint density at radius 2 is 1.52 bits per heavy atom. The van der Waals surface area contributed by atoms with Crippen LogP contribution < -0.4 is 4.90 Å². The van der Waals surface area contributed by atoms with Crippen LogP contribution in [0.3, 0.4) is 0 Å². The number of hydrogen-bond donors (Lipinski definition) is 0. The molecule has 0 N–H and O–H groups in total. The summed E-state index contributed by atoms with van der Waals surface area (Å²) < 4.78 is 0. The fourth-order valence-electron chi connectivity index (χ4n) is 3.31. The zero-order chi connectivity index (χ0) is 17.2. The smallest absolute Gasteiger partial charge is 0.224 e. The van der Waals surface area contributed by atoms with Crippen molar-refractivity contribution in [2.75, 3.05) is 4.90 Å². The highest BCUT2D eigenvalue weighted by Crippen LogP contribution is 2.31. The summed E-state index contributed by atoms with van der Waals surface area (Å²) in [6.07, 6.45) is 4.23. The SMILES string of the molecule is CC(=O)N1Cc2cc(-c3ccccc3)ccc2/C=C\c2ccccc21. The number of carbonyl (C=O) groups excluding carboxylic acids is 1. The summed E-state index contributed by atoms with van der Waals surface area (Å²) in [4.78, 5) is 14.1. The van der Waals surface area contributed by atoms with Crippen molar-refractivity contribution in [1.29, 1.82) is 0 Å². The van der Waals surface area contributed by atoms with Gasteiger partial charge in [-0.1, -0.05) is 72.8 Å². The second-order valence-electron chi connectivity index (χ2n) is 6.28. The quantitative estimate of drug-likeness (QED) is 0.587. The Hall–Kier alpha value is -3.13. The molecule has 1 heterocycles. The summed E-state index contributed by atoms with van der Waals surface area (Å²) in [7, 11) is 0. The van der Waals surface area contributed by atoms with Crippen LogP contribution >= 0.6 is 0 Å². The van der Waals surface area contributed by atoms with Gasteiger partial charge in [0.1, 0.15) is 0 Å². The lowest BCUT2D eigenvalue weighted by atomic mass is 9.96. The van der Waals surface area contributed by atoms with Crippen LogP contribution in [0.1, 0.15) is 23.6 Å². The standard InChI is InChI=1S/C23H19NO/c1-17(25)24-16-22-15-21(18-7-3-2-4-8-18)14-12-19(22)11-13-20-9-5-6-10-23(20)24/h2-15H,16H2,1H3/b13-11-. The minimum Gasteiger partial charge on any atom is -0.308 e. The molecule has 1 amide bonds. The van der Waals surface area contributed by atoms with E-state index < -0.39 is 0 Å². The molecule has 2 heteroatoms. The highest BCUT2D eigenvalue weighted by molar-refractivity contribution is 5.95. The van der Waals surface area contributed by atoms with E-state index in [1.807, 2.05) is 47.4 Å². The molecular weight excluding hydrogens is 306 g/mol. The first-order valence-electron chi connectivity index (χ1n) is 8.46. The zero-order valence-corrected chi connectivity index (χ0v) is 14.1. The Balaban J connectivity index is 1.84. The summed E-state index contributed by atoms with van der Waals surface area (Å²) in [5, 5.41) is 0. The number of carbonyl (C=O) groups is 1. The maximum atomic E-state index is 12.3. The van der Waals surface area contributed by atoms with Crippen molar-refractivity contribution in [3.63, 3.8) is 0 Å². The zero-order valence-electron chi connectivity index (χ0n) is 14.1. The number of anilines is 1. The molecule has 2 nitrogen and oxygen atoms in total. The molecule has 0 aromatic heterocycles. The van der Waals surface area contributed by atoms with Gasteiger partial charge < -0.3 is 4.90 Å². The number of fused-ring (bicyclic) bond motifs is 2. The highest BCUT2D eigenvalue weighted by Gasteiger charge is 2.18. The van der Waals surface area contributed by atoms with Gasteiger partial charge in [-0.05, 0) is 39.9 Å². The van der Waals surface area contributed by atoms with Crippen LogP contribution in [0.15, 0.2) is 72.8 Å². The average Bonchev–Trinajstić information content (AvgIpc) is 2.64. The monoisotopic (exact) mass is 325 g/mol. The molecule has 0 bridgehead atoms. The predicted molar refractivity (Wildman–Crippen MR) is 104 cm³/mol. The van der Waals surface area contributed by atoms with Gasteiger partial charge in [0.2, 0.25) is 5.91 Å². The fraction of sp³-hybridized carbons (Fsp3) is 0.0870. The molecule has 0 saturated heterocycles. The fourth-order valence-corrected chi connectivity index (χ4v) is 3.31. The van der Waals surface area contributed by atoms with Gasteiger partial charge in [0.05, 0.1) is 12.2 Å². The van der Waals surface area contributed by atoms with Crippen molar-refractivity contribution in [2.45, 2.75) is 13.5 Å². The summed E-state index contributed by atoms with van der Waals surface area (Å²) in [5.41, 5.74) is 6.69. The van der Waals surface area contributed by atoms with E-state index in [9.17, 15) is 4.79 Å². The summed E-state index contributed by atoms with van der Waals surface area (Å²) >= 11 is 0. The molecule has 25 heavy (non-hydrogen) atoms. The molecule has 0 aliphatic carbocycles. The van der Waals surface area contributed by atoms with Gasteiger partial charge in [-0.3, -0.25) is 4.79 Å². The minimum atomic E-state index is 0.0545. The second kappa shape index (κ2) is 6.40. The van der Waals surface area contributed by atoms with Crippen molar-refractivity contribution in [1.82, 2.24) is 0 Å². The lowest BCUT2D eigenvalue weighted by Gasteiger charge is -2.26. The number of nitrogens with zero attached hydrogens (tertiary/aromatic N) is 1. The predicted octanol–water partition coefficient (Wildman–Crippen LogP) is 5.39. The van der Waals surface area contributed by atoms with Crippen molar-refractivity contribution in [2.24, 2.45) is 0 Å². The van der Waals surface area contributed by atoms with Crippen LogP contribution in [0.2, 0.25) is 0 Å². The van der Waals surface area contributed by atoms with Crippen LogP contribution in [0.5, 0.6) is 0 Å². The summed E-state index contributed by atoms with van der Waals surface area (Å²) in [5.74, 6) is 0.0545. The molecule has 3 aromatic rings. The Kier molecular flexibility index (Phi) is 3.95. The third-order valence-corrected chi connectivity index (χ3v) is 4.63. The molecule has 4 rings (SSSR count). The van der Waals surface area contributed by atoms with E-state index in [4.69, 9.17) is 0 Å². The van der Waals surface area contributed by atoms with E-state index in [1.165, 1.54) is 11.1 Å². The van der Waals surface area contributed by atoms with Gasteiger partial charge >= 0.3 is 0 Å². The molecule has 0 spiro atoms. The van der Waals surface area contributed by atoms with E-state index >= 15 is 0 Å². The van der Waals surface area contributed by atoms with Crippen molar-refractivity contribution in [3.05, 3.63) is 89.5 Å². The average molecular weight is 325 g/mol. The Morgan fingerprint density at radius 1 is 0.800 bits per heavy atom. The Bertz CT molecular complexity index is 957. The number of amides is 1.